The van der Waals surface area contributed by atoms with E-state index in [1.54, 1.807) is 17.0 Å². The average molecular weight is 376 g/mol. The summed E-state index contributed by atoms with van der Waals surface area (Å²) < 4.78 is 13.0. The molecule has 0 atom stereocenters. The number of benzene rings is 1. The van der Waals surface area contributed by atoms with Gasteiger partial charge in [0.05, 0.1) is 10.7 Å². The molecule has 3 rings (SSSR count). The van der Waals surface area contributed by atoms with Crippen LogP contribution in [0.15, 0.2) is 24.3 Å². The van der Waals surface area contributed by atoms with Gasteiger partial charge in [-0.3, -0.25) is 9.59 Å². The zero-order chi connectivity index (χ0) is 18.7. The topological polar surface area (TPSA) is 70.5 Å². The predicted octanol–water partition coefficient (Wildman–Crippen LogP) is 3.51. The highest BCUT2D eigenvalue weighted by Crippen LogP contribution is 2.26. The van der Waals surface area contributed by atoms with E-state index in [-0.39, 0.29) is 24.1 Å². The summed E-state index contributed by atoms with van der Waals surface area (Å²) in [5.74, 6) is -0.933. The molecule has 26 heavy (non-hydrogen) atoms. The van der Waals surface area contributed by atoms with E-state index >= 15 is 0 Å². The highest BCUT2D eigenvalue weighted by molar-refractivity contribution is 7.13. The number of aryl methyl sites for hydroxylation is 1. The van der Waals surface area contributed by atoms with Crippen LogP contribution in [-0.2, 0) is 11.2 Å². The van der Waals surface area contributed by atoms with Gasteiger partial charge in [0, 0.05) is 25.9 Å². The van der Waals surface area contributed by atoms with Crippen molar-refractivity contribution in [3.8, 4) is 0 Å². The van der Waals surface area contributed by atoms with E-state index in [1.165, 1.54) is 23.5 Å². The maximum atomic E-state index is 13.0. The monoisotopic (exact) mass is 376 g/mol. The Morgan fingerprint density at radius 1 is 1.27 bits per heavy atom. The van der Waals surface area contributed by atoms with Gasteiger partial charge >= 0.3 is 5.97 Å². The SMILES string of the molecule is Cc1nc(Cc2ccc(F)cc2)sc1C(=O)N1CCC(CC(=O)O)CC1. The van der Waals surface area contributed by atoms with Gasteiger partial charge in [-0.1, -0.05) is 12.1 Å². The van der Waals surface area contributed by atoms with Crippen molar-refractivity contribution < 1.29 is 19.1 Å². The molecular weight excluding hydrogens is 355 g/mol. The average Bonchev–Trinajstić information content (AvgIpc) is 2.97. The Bertz CT molecular complexity index is 796. The Morgan fingerprint density at radius 3 is 2.54 bits per heavy atom. The summed E-state index contributed by atoms with van der Waals surface area (Å²) in [7, 11) is 0. The molecule has 1 aromatic carbocycles. The van der Waals surface area contributed by atoms with Crippen LogP contribution >= 0.6 is 11.3 Å². The first-order valence-electron chi connectivity index (χ1n) is 8.64. The number of halogens is 1. The van der Waals surface area contributed by atoms with Gasteiger partial charge in [0.15, 0.2) is 0 Å². The minimum absolute atomic E-state index is 0.0286. The molecule has 7 heteroatoms. The standard InChI is InChI=1S/C19H21FN2O3S/c1-12-18(19(25)22-8-6-14(7-9-22)11-17(23)24)26-16(21-12)10-13-2-4-15(20)5-3-13/h2-5,14H,6-11H2,1H3,(H,23,24). The van der Waals surface area contributed by atoms with E-state index < -0.39 is 5.97 Å². The number of hydrogen-bond donors (Lipinski definition) is 1. The molecule has 5 nitrogen and oxygen atoms in total. The summed E-state index contributed by atoms with van der Waals surface area (Å²) >= 11 is 1.38. The van der Waals surface area contributed by atoms with E-state index in [2.05, 4.69) is 4.98 Å². The lowest BCUT2D eigenvalue weighted by Gasteiger charge is -2.31. The Kier molecular flexibility index (Phi) is 5.66. The maximum Gasteiger partial charge on any atom is 0.303 e. The molecule has 1 N–H and O–H groups in total. The summed E-state index contributed by atoms with van der Waals surface area (Å²) in [5, 5.41) is 9.72. The number of amides is 1. The van der Waals surface area contributed by atoms with Crippen molar-refractivity contribution in [1.82, 2.24) is 9.88 Å². The van der Waals surface area contributed by atoms with Gasteiger partial charge in [0.2, 0.25) is 0 Å². The second-order valence-electron chi connectivity index (χ2n) is 6.66. The van der Waals surface area contributed by atoms with Crippen LogP contribution in [0.1, 0.15) is 45.2 Å². The van der Waals surface area contributed by atoms with Crippen molar-refractivity contribution in [1.29, 1.82) is 0 Å². The third-order valence-corrected chi connectivity index (χ3v) is 5.81. The van der Waals surface area contributed by atoms with Crippen molar-refractivity contribution in [3.63, 3.8) is 0 Å². The number of likely N-dealkylation sites (tertiary alicyclic amines) is 1. The molecule has 1 aliphatic rings. The summed E-state index contributed by atoms with van der Waals surface area (Å²) in [6.07, 6.45) is 2.18. The number of nitrogens with zero attached hydrogens (tertiary/aromatic N) is 2. The minimum Gasteiger partial charge on any atom is -0.481 e. The summed E-state index contributed by atoms with van der Waals surface area (Å²) in [5.41, 5.74) is 1.67. The van der Waals surface area contributed by atoms with Crippen molar-refractivity contribution in [2.75, 3.05) is 13.1 Å². The molecule has 0 unspecified atom stereocenters. The van der Waals surface area contributed by atoms with Crippen molar-refractivity contribution in [3.05, 3.63) is 51.2 Å². The van der Waals surface area contributed by atoms with E-state index in [9.17, 15) is 14.0 Å². The van der Waals surface area contributed by atoms with Crippen LogP contribution in [0.25, 0.3) is 0 Å². The number of carboxylic acid groups (broad SMARTS) is 1. The zero-order valence-electron chi connectivity index (χ0n) is 14.6. The molecule has 1 aromatic heterocycles. The van der Waals surface area contributed by atoms with Gasteiger partial charge in [-0.2, -0.15) is 0 Å². The fourth-order valence-corrected chi connectivity index (χ4v) is 4.30. The van der Waals surface area contributed by atoms with E-state index in [0.717, 1.165) is 23.4 Å². The van der Waals surface area contributed by atoms with E-state index in [1.807, 2.05) is 6.92 Å². The zero-order valence-corrected chi connectivity index (χ0v) is 15.4. The van der Waals surface area contributed by atoms with Crippen molar-refractivity contribution in [2.45, 2.75) is 32.6 Å². The molecule has 0 saturated carbocycles. The summed E-state index contributed by atoms with van der Waals surface area (Å²) in [6, 6.07) is 6.29. The smallest absolute Gasteiger partial charge is 0.303 e. The lowest BCUT2D eigenvalue weighted by molar-refractivity contribution is -0.138. The van der Waals surface area contributed by atoms with Crippen LogP contribution < -0.4 is 0 Å². The molecule has 0 aliphatic carbocycles. The molecule has 2 heterocycles. The predicted molar refractivity (Wildman–Crippen MR) is 96.9 cm³/mol. The second-order valence-corrected chi connectivity index (χ2v) is 7.74. The number of piperidine rings is 1. The first kappa shape index (κ1) is 18.5. The van der Waals surface area contributed by atoms with Gasteiger partial charge in [-0.15, -0.1) is 11.3 Å². The molecule has 0 spiro atoms. The first-order valence-corrected chi connectivity index (χ1v) is 9.46. The molecule has 1 aliphatic heterocycles. The number of carbonyl (C=O) groups is 2. The number of thiazole rings is 1. The molecule has 0 radical (unpaired) electrons. The second kappa shape index (κ2) is 7.95. The minimum atomic E-state index is -0.779. The molecule has 0 bridgehead atoms. The largest absolute Gasteiger partial charge is 0.481 e. The Hall–Kier alpha value is -2.28. The van der Waals surface area contributed by atoms with Gasteiger partial charge in [-0.05, 0) is 43.4 Å². The highest BCUT2D eigenvalue weighted by Gasteiger charge is 2.27. The third kappa shape index (κ3) is 4.46. The van der Waals surface area contributed by atoms with Crippen molar-refractivity contribution >= 4 is 23.2 Å². The quantitative estimate of drug-likeness (QED) is 0.867. The molecule has 1 amide bonds. The highest BCUT2D eigenvalue weighted by atomic mass is 32.1. The van der Waals surface area contributed by atoms with Gasteiger partial charge in [0.25, 0.3) is 5.91 Å². The number of aliphatic carboxylic acids is 1. The first-order chi connectivity index (χ1) is 12.4. The molecule has 138 valence electrons. The Morgan fingerprint density at radius 2 is 1.92 bits per heavy atom. The fourth-order valence-electron chi connectivity index (χ4n) is 3.23. The maximum absolute atomic E-state index is 13.0. The normalized spacial score (nSPS) is 15.2. The van der Waals surface area contributed by atoms with Crippen LogP contribution in [0, 0.1) is 18.7 Å². The molecule has 2 aromatic rings. The van der Waals surface area contributed by atoms with Gasteiger partial charge < -0.3 is 10.0 Å². The molecule has 1 saturated heterocycles. The lowest BCUT2D eigenvalue weighted by atomic mass is 9.93. The van der Waals surface area contributed by atoms with Gasteiger partial charge in [0.1, 0.15) is 10.7 Å². The summed E-state index contributed by atoms with van der Waals surface area (Å²) in [4.78, 5) is 30.5. The van der Waals surface area contributed by atoms with E-state index in [4.69, 9.17) is 5.11 Å². The number of carbonyl (C=O) groups excluding carboxylic acids is 1. The van der Waals surface area contributed by atoms with Crippen molar-refractivity contribution in [2.24, 2.45) is 5.92 Å². The molecule has 1 fully saturated rings. The number of aromatic nitrogens is 1. The lowest BCUT2D eigenvalue weighted by Crippen LogP contribution is -2.38. The number of carboxylic acids is 1. The van der Waals surface area contributed by atoms with Crippen LogP contribution in [0.5, 0.6) is 0 Å². The van der Waals surface area contributed by atoms with Crippen LogP contribution in [0.3, 0.4) is 0 Å². The molecular formula is C19H21FN2O3S. The van der Waals surface area contributed by atoms with E-state index in [0.29, 0.717) is 30.1 Å². The third-order valence-electron chi connectivity index (χ3n) is 4.67. The van der Waals surface area contributed by atoms with Crippen LogP contribution in [0.2, 0.25) is 0 Å². The number of hydrogen-bond acceptors (Lipinski definition) is 4. The van der Waals surface area contributed by atoms with Crippen LogP contribution in [-0.4, -0.2) is 40.0 Å². The Labute approximate surface area is 155 Å². The van der Waals surface area contributed by atoms with Gasteiger partial charge in [-0.25, -0.2) is 9.37 Å². The summed E-state index contributed by atoms with van der Waals surface area (Å²) in [6.45, 7) is 3.00. The van der Waals surface area contributed by atoms with Crippen LogP contribution in [0.4, 0.5) is 4.39 Å². The fraction of sp³-hybridized carbons (Fsp3) is 0.421. The Balaban J connectivity index is 1.64. The number of rotatable bonds is 5.